The molecule has 0 aromatic carbocycles. The molecule has 2 bridgehead atoms. The summed E-state index contributed by atoms with van der Waals surface area (Å²) >= 11 is 0. The zero-order chi connectivity index (χ0) is 25.0. The van der Waals surface area contributed by atoms with Crippen LogP contribution < -0.4 is 0 Å². The maximum absolute atomic E-state index is 14.1. The molecule has 2 unspecified atom stereocenters. The molecule has 8 heteroatoms. The molecule has 0 aromatic heterocycles. The van der Waals surface area contributed by atoms with Gasteiger partial charge in [0.15, 0.2) is 0 Å². The number of rotatable bonds is 13. The van der Waals surface area contributed by atoms with E-state index in [4.69, 9.17) is 9.47 Å². The molecule has 34 heavy (non-hydrogen) atoms. The molecular formula is C26H42N2O6. The summed E-state index contributed by atoms with van der Waals surface area (Å²) in [6, 6.07) is -1.39. The van der Waals surface area contributed by atoms with Crippen LogP contribution in [0.2, 0.25) is 0 Å². The molecule has 3 aliphatic heterocycles. The minimum atomic E-state index is -1.06. The van der Waals surface area contributed by atoms with Gasteiger partial charge in [0.1, 0.15) is 11.6 Å². The first-order chi connectivity index (χ1) is 16.3. The van der Waals surface area contributed by atoms with Crippen LogP contribution in [0.1, 0.15) is 66.2 Å². The normalized spacial score (nSPS) is 30.5. The van der Waals surface area contributed by atoms with E-state index in [1.807, 2.05) is 13.8 Å². The highest BCUT2D eigenvalue weighted by Crippen LogP contribution is 2.59. The lowest BCUT2D eigenvalue weighted by molar-refractivity contribution is -0.156. The van der Waals surface area contributed by atoms with E-state index in [9.17, 15) is 19.5 Å². The lowest BCUT2D eigenvalue weighted by Gasteiger charge is -2.39. The molecule has 1 spiro atoms. The predicted octanol–water partition coefficient (Wildman–Crippen LogP) is 2.54. The van der Waals surface area contributed by atoms with E-state index in [0.717, 1.165) is 19.3 Å². The van der Waals surface area contributed by atoms with E-state index in [1.165, 1.54) is 0 Å². The third-order valence-corrected chi connectivity index (χ3v) is 7.57. The Hall–Kier alpha value is -1.93. The quantitative estimate of drug-likeness (QED) is 0.248. The Kier molecular flexibility index (Phi) is 8.79. The fourth-order valence-corrected chi connectivity index (χ4v) is 6.26. The number of aliphatic hydroxyl groups excluding tert-OH is 1. The van der Waals surface area contributed by atoms with Gasteiger partial charge < -0.3 is 24.4 Å². The molecule has 6 atom stereocenters. The molecule has 1 N–H and O–H groups in total. The van der Waals surface area contributed by atoms with Crippen molar-refractivity contribution >= 4 is 17.8 Å². The lowest BCUT2D eigenvalue weighted by Crippen LogP contribution is -2.59. The van der Waals surface area contributed by atoms with E-state index in [0.29, 0.717) is 32.4 Å². The molecule has 3 fully saturated rings. The Bertz CT molecular complexity index is 770. The van der Waals surface area contributed by atoms with Crippen LogP contribution in [0.25, 0.3) is 0 Å². The minimum Gasteiger partial charge on any atom is -0.466 e. The number of hydrogen-bond donors (Lipinski definition) is 1. The largest absolute Gasteiger partial charge is 0.466 e. The average molecular weight is 479 g/mol. The van der Waals surface area contributed by atoms with E-state index >= 15 is 0 Å². The zero-order valence-corrected chi connectivity index (χ0v) is 21.2. The van der Waals surface area contributed by atoms with Gasteiger partial charge in [0.2, 0.25) is 11.8 Å². The summed E-state index contributed by atoms with van der Waals surface area (Å²) in [5.41, 5.74) is -1.06. The Labute approximate surface area is 203 Å². The molecule has 3 saturated heterocycles. The molecule has 3 rings (SSSR count). The van der Waals surface area contributed by atoms with Gasteiger partial charge in [0.25, 0.3) is 0 Å². The van der Waals surface area contributed by atoms with Crippen molar-refractivity contribution in [3.63, 3.8) is 0 Å². The third kappa shape index (κ3) is 4.63. The number of carbonyl (C=O) groups excluding carboxylic acids is 3. The topological polar surface area (TPSA) is 96.4 Å². The van der Waals surface area contributed by atoms with Crippen molar-refractivity contribution in [1.29, 1.82) is 0 Å². The fourth-order valence-electron chi connectivity index (χ4n) is 6.26. The first kappa shape index (κ1) is 26.7. The van der Waals surface area contributed by atoms with Crippen molar-refractivity contribution < 1.29 is 29.0 Å². The molecule has 8 nitrogen and oxygen atoms in total. The number of unbranched alkanes of at least 4 members (excludes halogenated alkanes) is 2. The molecule has 192 valence electrons. The molecule has 0 radical (unpaired) electrons. The number of ether oxygens (including phenoxy) is 2. The summed E-state index contributed by atoms with van der Waals surface area (Å²) in [5.74, 6) is -2.15. The van der Waals surface area contributed by atoms with Gasteiger partial charge in [-0.15, -0.1) is 6.58 Å². The Balaban J connectivity index is 2.04. The summed E-state index contributed by atoms with van der Waals surface area (Å²) in [5, 5.41) is 10.3. The maximum Gasteiger partial charge on any atom is 0.312 e. The number of fused-ring (bicyclic) bond motifs is 1. The molecular weight excluding hydrogens is 436 g/mol. The van der Waals surface area contributed by atoms with Crippen LogP contribution in [-0.2, 0) is 23.9 Å². The Morgan fingerprint density at radius 3 is 2.68 bits per heavy atom. The smallest absolute Gasteiger partial charge is 0.312 e. The van der Waals surface area contributed by atoms with Gasteiger partial charge in [0.05, 0.1) is 37.2 Å². The summed E-state index contributed by atoms with van der Waals surface area (Å²) in [7, 11) is 0. The first-order valence-corrected chi connectivity index (χ1v) is 12.9. The van der Waals surface area contributed by atoms with E-state index in [2.05, 4.69) is 13.5 Å². The van der Waals surface area contributed by atoms with Crippen LogP contribution in [0, 0.1) is 17.8 Å². The Morgan fingerprint density at radius 1 is 1.35 bits per heavy atom. The van der Waals surface area contributed by atoms with E-state index in [-0.39, 0.29) is 30.9 Å². The average Bonchev–Trinajstić information content (AvgIpc) is 3.44. The SMILES string of the molecule is C=CCN(CCCCC)C(=O)C1N([C@@H](CO)CC(C)C)C(=O)[C@@H]2[C@H](C(=O)OCC)[C@@H]3CCC12O3. The first-order valence-electron chi connectivity index (χ1n) is 12.9. The van der Waals surface area contributed by atoms with E-state index < -0.39 is 41.6 Å². The van der Waals surface area contributed by atoms with Gasteiger partial charge in [0, 0.05) is 13.1 Å². The van der Waals surface area contributed by atoms with Crippen LogP contribution >= 0.6 is 0 Å². The fraction of sp³-hybridized carbons (Fsp3) is 0.808. The van der Waals surface area contributed by atoms with Crippen molar-refractivity contribution in [2.75, 3.05) is 26.3 Å². The molecule has 2 amide bonds. The highest BCUT2D eigenvalue weighted by Gasteiger charge is 2.75. The standard InChI is InChI=1S/C26H42N2O6/c1-6-9-10-14-27(13-7-2)24(31)22-26-12-11-19(34-26)20(25(32)33-8-3)21(26)23(30)28(22)18(16-29)15-17(4)5/h7,17-22,29H,2,6,8-16H2,1,3-5H3/t18-,19+,20-,21+,22?,26?/m1/s1. The second-order valence-electron chi connectivity index (χ2n) is 10.3. The summed E-state index contributed by atoms with van der Waals surface area (Å²) in [6.07, 6.45) is 5.87. The molecule has 0 saturated carbocycles. The highest BCUT2D eigenvalue weighted by molar-refractivity contribution is 5.98. The van der Waals surface area contributed by atoms with Crippen LogP contribution in [0.3, 0.4) is 0 Å². The van der Waals surface area contributed by atoms with E-state index in [1.54, 1.807) is 22.8 Å². The number of aliphatic hydroxyl groups is 1. The Morgan fingerprint density at radius 2 is 2.09 bits per heavy atom. The van der Waals surface area contributed by atoms with Gasteiger partial charge >= 0.3 is 5.97 Å². The predicted molar refractivity (Wildman–Crippen MR) is 128 cm³/mol. The highest BCUT2D eigenvalue weighted by atomic mass is 16.6. The van der Waals surface area contributed by atoms with Crippen LogP contribution in [0.4, 0.5) is 0 Å². The minimum absolute atomic E-state index is 0.181. The second-order valence-corrected chi connectivity index (χ2v) is 10.3. The number of hydrogen-bond acceptors (Lipinski definition) is 6. The molecule has 3 aliphatic rings. The van der Waals surface area contributed by atoms with Gasteiger partial charge in [-0.2, -0.15) is 0 Å². The number of likely N-dealkylation sites (tertiary alicyclic amines) is 1. The number of nitrogens with zero attached hydrogens (tertiary/aromatic N) is 2. The van der Waals surface area contributed by atoms with Crippen molar-refractivity contribution in [3.8, 4) is 0 Å². The van der Waals surface area contributed by atoms with Gasteiger partial charge in [-0.05, 0) is 38.5 Å². The number of carbonyl (C=O) groups is 3. The maximum atomic E-state index is 14.1. The lowest BCUT2D eigenvalue weighted by atomic mass is 9.70. The molecule has 0 aliphatic carbocycles. The van der Waals surface area contributed by atoms with Crippen LogP contribution in [0.5, 0.6) is 0 Å². The monoisotopic (exact) mass is 478 g/mol. The van der Waals surface area contributed by atoms with Crippen molar-refractivity contribution in [1.82, 2.24) is 9.80 Å². The van der Waals surface area contributed by atoms with Crippen molar-refractivity contribution in [3.05, 3.63) is 12.7 Å². The molecule has 0 aromatic rings. The number of amides is 2. The summed E-state index contributed by atoms with van der Waals surface area (Å²) < 4.78 is 11.8. The van der Waals surface area contributed by atoms with Crippen LogP contribution in [-0.4, -0.2) is 82.8 Å². The van der Waals surface area contributed by atoms with Crippen molar-refractivity contribution in [2.24, 2.45) is 17.8 Å². The third-order valence-electron chi connectivity index (χ3n) is 7.57. The summed E-state index contributed by atoms with van der Waals surface area (Å²) in [6.45, 7) is 12.6. The van der Waals surface area contributed by atoms with Crippen LogP contribution in [0.15, 0.2) is 12.7 Å². The molecule has 3 heterocycles. The van der Waals surface area contributed by atoms with Gasteiger partial charge in [-0.3, -0.25) is 14.4 Å². The van der Waals surface area contributed by atoms with Gasteiger partial charge in [-0.1, -0.05) is 39.7 Å². The van der Waals surface area contributed by atoms with Gasteiger partial charge in [-0.25, -0.2) is 0 Å². The van der Waals surface area contributed by atoms with Crippen molar-refractivity contribution in [2.45, 2.75) is 90.0 Å². The summed E-state index contributed by atoms with van der Waals surface area (Å²) in [4.78, 5) is 44.3. The number of esters is 1. The zero-order valence-electron chi connectivity index (χ0n) is 21.2. The second kappa shape index (κ2) is 11.2.